The lowest BCUT2D eigenvalue weighted by molar-refractivity contribution is -0.149. The number of carboxylic acid groups (broad SMARTS) is 1. The summed E-state index contributed by atoms with van der Waals surface area (Å²) in [5, 5.41) is 11.8. The van der Waals surface area contributed by atoms with Gasteiger partial charge in [-0.1, -0.05) is 0 Å². The number of nitrogens with one attached hydrogen (secondary N) is 1. The largest absolute Gasteiger partial charge is 0.481 e. The fraction of sp³-hybridized carbons (Fsp3) is 0.500. The summed E-state index contributed by atoms with van der Waals surface area (Å²) < 4.78 is 0. The Kier molecular flexibility index (Phi) is 3.92. The van der Waals surface area contributed by atoms with Gasteiger partial charge >= 0.3 is 5.97 Å². The van der Waals surface area contributed by atoms with Gasteiger partial charge in [-0.25, -0.2) is 0 Å². The molecule has 0 radical (unpaired) electrons. The number of anilines is 1. The van der Waals surface area contributed by atoms with E-state index in [1.54, 1.807) is 26.2 Å². The molecule has 1 aromatic rings. The zero-order valence-corrected chi connectivity index (χ0v) is 11.7. The van der Waals surface area contributed by atoms with E-state index in [2.05, 4.69) is 15.2 Å². The summed E-state index contributed by atoms with van der Waals surface area (Å²) in [4.78, 5) is 28.9. The predicted molar refractivity (Wildman–Crippen MR) is 74.8 cm³/mol. The van der Waals surface area contributed by atoms with Crippen LogP contribution < -0.4 is 10.2 Å². The highest BCUT2D eigenvalue weighted by Crippen LogP contribution is 2.33. The maximum absolute atomic E-state index is 11.6. The Bertz CT molecular complexity index is 522. The molecule has 2 heterocycles. The minimum absolute atomic E-state index is 0.223. The van der Waals surface area contributed by atoms with Gasteiger partial charge in [0.1, 0.15) is 5.69 Å². The van der Waals surface area contributed by atoms with Crippen molar-refractivity contribution < 1.29 is 14.7 Å². The second-order valence-electron chi connectivity index (χ2n) is 5.33. The van der Waals surface area contributed by atoms with E-state index < -0.39 is 11.4 Å². The van der Waals surface area contributed by atoms with Crippen LogP contribution in [0.25, 0.3) is 0 Å². The third-order valence-electron chi connectivity index (χ3n) is 3.95. The molecule has 0 bridgehead atoms. The van der Waals surface area contributed by atoms with Crippen LogP contribution in [-0.4, -0.2) is 42.1 Å². The number of hydrogen-bond donors (Lipinski definition) is 2. The van der Waals surface area contributed by atoms with Crippen LogP contribution >= 0.6 is 0 Å². The molecule has 1 aliphatic rings. The maximum atomic E-state index is 11.6. The summed E-state index contributed by atoms with van der Waals surface area (Å²) in [6, 6.07) is 3.58. The van der Waals surface area contributed by atoms with Crippen LogP contribution in [0.15, 0.2) is 18.3 Å². The number of hydrogen-bond acceptors (Lipinski definition) is 4. The fourth-order valence-corrected chi connectivity index (χ4v) is 2.34. The molecule has 0 spiro atoms. The number of nitrogens with zero attached hydrogens (tertiary/aromatic N) is 2. The number of amides is 1. The smallest absolute Gasteiger partial charge is 0.309 e. The molecule has 108 valence electrons. The lowest BCUT2D eigenvalue weighted by Gasteiger charge is -2.37. The SMILES string of the molecule is CNC(=O)c1cc(N2CCC(C)(C(=O)O)CC2)ccn1. The summed E-state index contributed by atoms with van der Waals surface area (Å²) in [6.45, 7) is 3.12. The molecule has 1 amide bonds. The first-order valence-corrected chi connectivity index (χ1v) is 6.63. The van der Waals surface area contributed by atoms with Crippen molar-refractivity contribution in [2.75, 3.05) is 25.0 Å². The van der Waals surface area contributed by atoms with Crippen molar-refractivity contribution in [2.45, 2.75) is 19.8 Å². The molecule has 0 unspecified atom stereocenters. The quantitative estimate of drug-likeness (QED) is 0.865. The molecule has 1 fully saturated rings. The second kappa shape index (κ2) is 5.48. The van der Waals surface area contributed by atoms with Crippen molar-refractivity contribution in [2.24, 2.45) is 5.41 Å². The minimum Gasteiger partial charge on any atom is -0.481 e. The molecule has 2 N–H and O–H groups in total. The Hall–Kier alpha value is -2.11. The van der Waals surface area contributed by atoms with Crippen molar-refractivity contribution in [3.63, 3.8) is 0 Å². The normalized spacial score (nSPS) is 17.6. The molecular weight excluding hydrogens is 258 g/mol. The number of aliphatic carboxylic acids is 1. The number of aromatic nitrogens is 1. The van der Waals surface area contributed by atoms with E-state index in [9.17, 15) is 14.7 Å². The number of piperidine rings is 1. The molecule has 6 heteroatoms. The maximum Gasteiger partial charge on any atom is 0.309 e. The van der Waals surface area contributed by atoms with Crippen LogP contribution in [-0.2, 0) is 4.79 Å². The topological polar surface area (TPSA) is 82.5 Å². The average molecular weight is 277 g/mol. The van der Waals surface area contributed by atoms with E-state index >= 15 is 0 Å². The summed E-state index contributed by atoms with van der Waals surface area (Å²) in [5.41, 5.74) is 0.635. The molecule has 0 saturated carbocycles. The van der Waals surface area contributed by atoms with Crippen molar-refractivity contribution >= 4 is 17.6 Å². The van der Waals surface area contributed by atoms with Gasteiger partial charge in [-0.2, -0.15) is 0 Å². The Morgan fingerprint density at radius 3 is 2.60 bits per heavy atom. The lowest BCUT2D eigenvalue weighted by atomic mass is 9.80. The first-order valence-electron chi connectivity index (χ1n) is 6.63. The Balaban J connectivity index is 2.11. The van der Waals surface area contributed by atoms with E-state index in [0.29, 0.717) is 31.6 Å². The van der Waals surface area contributed by atoms with E-state index in [4.69, 9.17) is 0 Å². The van der Waals surface area contributed by atoms with Crippen molar-refractivity contribution in [1.29, 1.82) is 0 Å². The standard InChI is InChI=1S/C14H19N3O3/c1-14(13(19)20)4-7-17(8-5-14)10-3-6-16-11(9-10)12(18)15-2/h3,6,9H,4-5,7-8H2,1-2H3,(H,15,18)(H,19,20). The van der Waals surface area contributed by atoms with Gasteiger partial charge in [0.25, 0.3) is 5.91 Å². The van der Waals surface area contributed by atoms with Crippen molar-refractivity contribution in [3.05, 3.63) is 24.0 Å². The van der Waals surface area contributed by atoms with Crippen molar-refractivity contribution in [1.82, 2.24) is 10.3 Å². The van der Waals surface area contributed by atoms with E-state index in [0.717, 1.165) is 5.69 Å². The molecular formula is C14H19N3O3. The van der Waals surface area contributed by atoms with E-state index in [1.807, 2.05) is 6.07 Å². The zero-order chi connectivity index (χ0) is 14.8. The Morgan fingerprint density at radius 2 is 2.05 bits per heavy atom. The van der Waals surface area contributed by atoms with E-state index in [-0.39, 0.29) is 5.91 Å². The number of carbonyl (C=O) groups excluding carboxylic acids is 1. The minimum atomic E-state index is -0.738. The summed E-state index contributed by atoms with van der Waals surface area (Å²) in [7, 11) is 1.57. The summed E-state index contributed by atoms with van der Waals surface area (Å²) >= 11 is 0. The number of rotatable bonds is 3. The molecule has 2 rings (SSSR count). The zero-order valence-electron chi connectivity index (χ0n) is 11.7. The summed E-state index contributed by atoms with van der Waals surface area (Å²) in [5.74, 6) is -0.961. The molecule has 20 heavy (non-hydrogen) atoms. The van der Waals surface area contributed by atoms with Gasteiger partial charge in [-0.15, -0.1) is 0 Å². The van der Waals surface area contributed by atoms with Gasteiger partial charge in [0, 0.05) is 32.0 Å². The second-order valence-corrected chi connectivity index (χ2v) is 5.33. The average Bonchev–Trinajstić information content (AvgIpc) is 2.47. The highest BCUT2D eigenvalue weighted by Gasteiger charge is 2.36. The summed E-state index contributed by atoms with van der Waals surface area (Å²) in [6.07, 6.45) is 2.80. The molecule has 0 aliphatic carbocycles. The van der Waals surface area contributed by atoms with Crippen LogP contribution in [0.1, 0.15) is 30.3 Å². The van der Waals surface area contributed by atoms with Crippen LogP contribution in [0.4, 0.5) is 5.69 Å². The van der Waals surface area contributed by atoms with Crippen molar-refractivity contribution in [3.8, 4) is 0 Å². The molecule has 0 aromatic carbocycles. The predicted octanol–water partition coefficient (Wildman–Crippen LogP) is 1.13. The number of carboxylic acids is 1. The number of pyridine rings is 1. The number of carbonyl (C=O) groups is 2. The first kappa shape index (κ1) is 14.3. The first-order chi connectivity index (χ1) is 9.46. The third kappa shape index (κ3) is 2.74. The fourth-order valence-electron chi connectivity index (χ4n) is 2.34. The molecule has 1 aliphatic heterocycles. The van der Waals surface area contributed by atoms with E-state index in [1.165, 1.54) is 0 Å². The van der Waals surface area contributed by atoms with Gasteiger partial charge < -0.3 is 15.3 Å². The lowest BCUT2D eigenvalue weighted by Crippen LogP contribution is -2.42. The molecule has 1 aromatic heterocycles. The Morgan fingerprint density at radius 1 is 1.40 bits per heavy atom. The van der Waals surface area contributed by atoms with Crippen LogP contribution in [0.5, 0.6) is 0 Å². The van der Waals surface area contributed by atoms with Crippen LogP contribution in [0.3, 0.4) is 0 Å². The van der Waals surface area contributed by atoms with Gasteiger partial charge in [0.2, 0.25) is 0 Å². The van der Waals surface area contributed by atoms with Gasteiger partial charge in [-0.3, -0.25) is 14.6 Å². The molecule has 1 saturated heterocycles. The van der Waals surface area contributed by atoms with Crippen LogP contribution in [0.2, 0.25) is 0 Å². The monoisotopic (exact) mass is 277 g/mol. The molecule has 6 nitrogen and oxygen atoms in total. The highest BCUT2D eigenvalue weighted by molar-refractivity contribution is 5.92. The highest BCUT2D eigenvalue weighted by atomic mass is 16.4. The van der Waals surface area contributed by atoms with Gasteiger partial charge in [0.05, 0.1) is 5.41 Å². The molecule has 0 atom stereocenters. The Labute approximate surface area is 117 Å². The van der Waals surface area contributed by atoms with Crippen LogP contribution in [0, 0.1) is 5.41 Å². The van der Waals surface area contributed by atoms with Gasteiger partial charge in [-0.05, 0) is 31.9 Å². The van der Waals surface area contributed by atoms with Gasteiger partial charge in [0.15, 0.2) is 0 Å². The third-order valence-corrected chi connectivity index (χ3v) is 3.95.